The molecule has 0 saturated carbocycles. The van der Waals surface area contributed by atoms with E-state index in [2.05, 4.69) is 61.1 Å². The van der Waals surface area contributed by atoms with E-state index in [1.165, 1.54) is 5.56 Å². The first-order valence-corrected chi connectivity index (χ1v) is 9.14. The standard InChI is InChI=1S/C20H28N4O.2ClH/c1-14(2)17-13-16(5-6-19(17)25-15(3)4)18-7-8-22-20(23-18)24-11-9-21-10-12-24;;/h5-8,13-15,21H,9-12H2,1-4H3;2*1H. The maximum atomic E-state index is 5.97. The van der Waals surface area contributed by atoms with Gasteiger partial charge in [0.2, 0.25) is 5.95 Å². The lowest BCUT2D eigenvalue weighted by Gasteiger charge is -2.27. The van der Waals surface area contributed by atoms with Crippen LogP contribution in [0.5, 0.6) is 5.75 Å². The Kier molecular flexibility index (Phi) is 9.30. The Hall–Kier alpha value is -1.56. The summed E-state index contributed by atoms with van der Waals surface area (Å²) in [4.78, 5) is 11.5. The van der Waals surface area contributed by atoms with Gasteiger partial charge < -0.3 is 15.0 Å². The van der Waals surface area contributed by atoms with Gasteiger partial charge in [-0.15, -0.1) is 24.8 Å². The highest BCUT2D eigenvalue weighted by Gasteiger charge is 2.15. The molecule has 1 fully saturated rings. The second kappa shape index (κ2) is 10.7. The van der Waals surface area contributed by atoms with Gasteiger partial charge in [-0.2, -0.15) is 0 Å². The summed E-state index contributed by atoms with van der Waals surface area (Å²) in [5.41, 5.74) is 3.29. The van der Waals surface area contributed by atoms with Crippen LogP contribution in [0.15, 0.2) is 30.5 Å². The van der Waals surface area contributed by atoms with E-state index in [1.807, 2.05) is 12.3 Å². The van der Waals surface area contributed by atoms with Crippen molar-refractivity contribution in [3.8, 4) is 17.0 Å². The molecule has 1 N–H and O–H groups in total. The molecule has 5 nitrogen and oxygen atoms in total. The summed E-state index contributed by atoms with van der Waals surface area (Å²) in [5.74, 6) is 2.17. The Morgan fingerprint density at radius 1 is 1.04 bits per heavy atom. The van der Waals surface area contributed by atoms with E-state index >= 15 is 0 Å². The van der Waals surface area contributed by atoms with Crippen LogP contribution >= 0.6 is 24.8 Å². The molecule has 3 rings (SSSR count). The van der Waals surface area contributed by atoms with Crippen LogP contribution in [0.4, 0.5) is 5.95 Å². The normalized spacial score (nSPS) is 13.9. The highest BCUT2D eigenvalue weighted by molar-refractivity contribution is 5.85. The molecule has 0 amide bonds. The largest absolute Gasteiger partial charge is 0.491 e. The molecule has 1 aliphatic rings. The summed E-state index contributed by atoms with van der Waals surface area (Å²) in [6, 6.07) is 8.34. The van der Waals surface area contributed by atoms with Crippen LogP contribution in [0.25, 0.3) is 11.3 Å². The highest BCUT2D eigenvalue weighted by atomic mass is 35.5. The lowest BCUT2D eigenvalue weighted by atomic mass is 9.98. The number of halogens is 2. The fraction of sp³-hybridized carbons (Fsp3) is 0.500. The molecule has 0 spiro atoms. The molecular weight excluding hydrogens is 383 g/mol. The minimum atomic E-state index is 0. The second-order valence-electron chi connectivity index (χ2n) is 7.05. The SMILES string of the molecule is CC(C)Oc1ccc(-c2ccnc(N3CCNCC3)n2)cc1C(C)C.Cl.Cl. The number of rotatable bonds is 5. The lowest BCUT2D eigenvalue weighted by Crippen LogP contribution is -2.44. The Bertz CT molecular complexity index is 719. The molecule has 1 saturated heterocycles. The van der Waals surface area contributed by atoms with Crippen molar-refractivity contribution >= 4 is 30.8 Å². The number of piperazine rings is 1. The average molecular weight is 413 g/mol. The molecule has 150 valence electrons. The first-order chi connectivity index (χ1) is 12.0. The van der Waals surface area contributed by atoms with Crippen LogP contribution < -0.4 is 15.0 Å². The predicted molar refractivity (Wildman–Crippen MR) is 117 cm³/mol. The van der Waals surface area contributed by atoms with Crippen LogP contribution in [0.1, 0.15) is 39.2 Å². The van der Waals surface area contributed by atoms with E-state index in [9.17, 15) is 0 Å². The van der Waals surface area contributed by atoms with E-state index in [0.29, 0.717) is 5.92 Å². The summed E-state index contributed by atoms with van der Waals surface area (Å²) in [6.07, 6.45) is 2.02. The van der Waals surface area contributed by atoms with Crippen molar-refractivity contribution in [1.29, 1.82) is 0 Å². The fourth-order valence-corrected chi connectivity index (χ4v) is 3.05. The van der Waals surface area contributed by atoms with E-state index in [-0.39, 0.29) is 30.9 Å². The number of nitrogens with one attached hydrogen (secondary N) is 1. The molecular formula is C20H30Cl2N4O. The van der Waals surface area contributed by atoms with Gasteiger partial charge in [0, 0.05) is 37.9 Å². The predicted octanol–water partition coefficient (Wildman–Crippen LogP) is 4.31. The van der Waals surface area contributed by atoms with Crippen LogP contribution in [0, 0.1) is 0 Å². The van der Waals surface area contributed by atoms with E-state index in [1.54, 1.807) is 0 Å². The molecule has 7 heteroatoms. The van der Waals surface area contributed by atoms with Gasteiger partial charge in [-0.3, -0.25) is 0 Å². The van der Waals surface area contributed by atoms with Crippen molar-refractivity contribution in [2.75, 3.05) is 31.1 Å². The van der Waals surface area contributed by atoms with Crippen LogP contribution in [0.3, 0.4) is 0 Å². The van der Waals surface area contributed by atoms with Gasteiger partial charge >= 0.3 is 0 Å². The number of nitrogens with zero attached hydrogens (tertiary/aromatic N) is 3. The third-order valence-corrected chi connectivity index (χ3v) is 4.33. The number of hydrogen-bond acceptors (Lipinski definition) is 5. The van der Waals surface area contributed by atoms with Gasteiger partial charge in [-0.25, -0.2) is 9.97 Å². The van der Waals surface area contributed by atoms with Crippen LogP contribution in [-0.4, -0.2) is 42.3 Å². The van der Waals surface area contributed by atoms with Crippen molar-refractivity contribution in [3.63, 3.8) is 0 Å². The molecule has 0 unspecified atom stereocenters. The number of anilines is 1. The third kappa shape index (κ3) is 5.96. The molecule has 27 heavy (non-hydrogen) atoms. The Balaban J connectivity index is 0.00000182. The first kappa shape index (κ1) is 23.5. The molecule has 2 aromatic rings. The first-order valence-electron chi connectivity index (χ1n) is 9.14. The van der Waals surface area contributed by atoms with Crippen molar-refractivity contribution in [2.24, 2.45) is 0 Å². The topological polar surface area (TPSA) is 50.3 Å². The van der Waals surface area contributed by atoms with Gasteiger partial charge in [0.25, 0.3) is 0 Å². The van der Waals surface area contributed by atoms with Crippen molar-refractivity contribution in [2.45, 2.75) is 39.7 Å². The Morgan fingerprint density at radius 2 is 1.74 bits per heavy atom. The summed E-state index contributed by atoms with van der Waals surface area (Å²) >= 11 is 0. The highest BCUT2D eigenvalue weighted by Crippen LogP contribution is 2.32. The van der Waals surface area contributed by atoms with E-state index in [0.717, 1.165) is 49.1 Å². The average Bonchev–Trinajstić information content (AvgIpc) is 2.62. The molecule has 1 aliphatic heterocycles. The minimum absolute atomic E-state index is 0. The number of benzene rings is 1. The smallest absolute Gasteiger partial charge is 0.225 e. The molecule has 0 aliphatic carbocycles. The zero-order chi connectivity index (χ0) is 17.8. The van der Waals surface area contributed by atoms with Gasteiger partial charge in [0.1, 0.15) is 5.75 Å². The number of aromatic nitrogens is 2. The van der Waals surface area contributed by atoms with E-state index in [4.69, 9.17) is 9.72 Å². The lowest BCUT2D eigenvalue weighted by molar-refractivity contribution is 0.239. The molecule has 0 bridgehead atoms. The molecule has 0 atom stereocenters. The molecule has 2 heterocycles. The van der Waals surface area contributed by atoms with Crippen molar-refractivity contribution in [3.05, 3.63) is 36.0 Å². The van der Waals surface area contributed by atoms with Gasteiger partial charge in [-0.1, -0.05) is 13.8 Å². The molecule has 0 radical (unpaired) electrons. The number of hydrogen-bond donors (Lipinski definition) is 1. The van der Waals surface area contributed by atoms with Gasteiger partial charge in [-0.05, 0) is 49.6 Å². The van der Waals surface area contributed by atoms with Crippen molar-refractivity contribution < 1.29 is 4.74 Å². The zero-order valence-electron chi connectivity index (χ0n) is 16.4. The zero-order valence-corrected chi connectivity index (χ0v) is 18.1. The molecule has 1 aromatic carbocycles. The number of ether oxygens (including phenoxy) is 1. The minimum Gasteiger partial charge on any atom is -0.491 e. The fourth-order valence-electron chi connectivity index (χ4n) is 3.05. The summed E-state index contributed by atoms with van der Waals surface area (Å²) in [7, 11) is 0. The maximum Gasteiger partial charge on any atom is 0.225 e. The van der Waals surface area contributed by atoms with Crippen LogP contribution in [0.2, 0.25) is 0 Å². The van der Waals surface area contributed by atoms with Crippen LogP contribution in [-0.2, 0) is 0 Å². The Labute approximate surface area is 174 Å². The van der Waals surface area contributed by atoms with E-state index < -0.39 is 0 Å². The summed E-state index contributed by atoms with van der Waals surface area (Å²) < 4.78 is 5.97. The van der Waals surface area contributed by atoms with Gasteiger partial charge in [0.15, 0.2) is 0 Å². The summed E-state index contributed by atoms with van der Waals surface area (Å²) in [5, 5.41) is 3.36. The molecule has 1 aromatic heterocycles. The second-order valence-corrected chi connectivity index (χ2v) is 7.05. The maximum absolute atomic E-state index is 5.97. The monoisotopic (exact) mass is 412 g/mol. The van der Waals surface area contributed by atoms with Gasteiger partial charge in [0.05, 0.1) is 11.8 Å². The third-order valence-electron chi connectivity index (χ3n) is 4.33. The summed E-state index contributed by atoms with van der Waals surface area (Å²) in [6.45, 7) is 12.4. The quantitative estimate of drug-likeness (QED) is 0.792. The van der Waals surface area contributed by atoms with Crippen molar-refractivity contribution in [1.82, 2.24) is 15.3 Å². The Morgan fingerprint density at radius 3 is 2.37 bits per heavy atom.